The van der Waals surface area contributed by atoms with Gasteiger partial charge in [0.2, 0.25) is 5.95 Å². The molecule has 0 aliphatic heterocycles. The van der Waals surface area contributed by atoms with Gasteiger partial charge in [-0.25, -0.2) is 0 Å². The number of fused-ring (bicyclic) bond motifs is 1. The molecule has 3 N–H and O–H groups in total. The topological polar surface area (TPSA) is 74.5 Å². The third kappa shape index (κ3) is 4.29. The average Bonchev–Trinajstić information content (AvgIpc) is 3.11. The lowest BCUT2D eigenvalue weighted by Crippen LogP contribution is -2.35. The van der Waals surface area contributed by atoms with E-state index >= 15 is 0 Å². The van der Waals surface area contributed by atoms with Crippen LogP contribution in [0.1, 0.15) is 31.2 Å². The molecule has 9 heteroatoms. The lowest BCUT2D eigenvalue weighted by atomic mass is 9.85. The summed E-state index contributed by atoms with van der Waals surface area (Å²) in [5.74, 6) is 1.26. The second-order valence-electron chi connectivity index (χ2n) is 7.29. The number of nitrogens with zero attached hydrogens (tertiary/aromatic N) is 3. The van der Waals surface area contributed by atoms with Gasteiger partial charge >= 0.3 is 6.18 Å². The lowest BCUT2D eigenvalue weighted by molar-refractivity contribution is -0.137. The van der Waals surface area contributed by atoms with Crippen LogP contribution in [0.15, 0.2) is 42.5 Å². The summed E-state index contributed by atoms with van der Waals surface area (Å²) in [5.41, 5.74) is 0.375. The Morgan fingerprint density at radius 3 is 2.55 bits per heavy atom. The fourth-order valence-electron chi connectivity index (χ4n) is 3.75. The van der Waals surface area contributed by atoms with E-state index in [2.05, 4.69) is 20.7 Å². The molecule has 0 bridgehead atoms. The summed E-state index contributed by atoms with van der Waals surface area (Å²) >= 11 is 0. The van der Waals surface area contributed by atoms with E-state index in [9.17, 15) is 18.3 Å². The Bertz CT molecular complexity index is 970. The van der Waals surface area contributed by atoms with Gasteiger partial charge in [-0.1, -0.05) is 18.9 Å². The van der Waals surface area contributed by atoms with Crippen LogP contribution in [0.5, 0.6) is 0 Å². The van der Waals surface area contributed by atoms with Crippen molar-refractivity contribution in [1.29, 1.82) is 0 Å². The quantitative estimate of drug-likeness (QED) is 0.585. The highest BCUT2D eigenvalue weighted by molar-refractivity contribution is 5.58. The Morgan fingerprint density at radius 1 is 1.07 bits per heavy atom. The highest BCUT2D eigenvalue weighted by Crippen LogP contribution is 2.30. The van der Waals surface area contributed by atoms with E-state index in [0.29, 0.717) is 17.3 Å². The largest absolute Gasteiger partial charge is 0.416 e. The van der Waals surface area contributed by atoms with Gasteiger partial charge in [0.15, 0.2) is 5.65 Å². The third-order valence-electron chi connectivity index (χ3n) is 5.30. The van der Waals surface area contributed by atoms with Crippen LogP contribution in [-0.2, 0) is 6.18 Å². The zero-order valence-corrected chi connectivity index (χ0v) is 15.7. The van der Waals surface area contributed by atoms with Gasteiger partial charge in [-0.3, -0.25) is 0 Å². The summed E-state index contributed by atoms with van der Waals surface area (Å²) in [6.07, 6.45) is -0.165. The maximum absolute atomic E-state index is 12.7. The average molecular weight is 405 g/mol. The van der Waals surface area contributed by atoms with Crippen molar-refractivity contribution in [3.8, 4) is 0 Å². The molecular weight excluding hydrogens is 383 g/mol. The minimum Gasteiger partial charge on any atom is -0.396 e. The number of pyridine rings is 1. The molecule has 0 spiro atoms. The Balaban J connectivity index is 1.54. The summed E-state index contributed by atoms with van der Waals surface area (Å²) in [4.78, 5) is 4.40. The molecule has 0 saturated heterocycles. The molecule has 1 aromatic carbocycles. The summed E-state index contributed by atoms with van der Waals surface area (Å²) < 4.78 is 39.8. The normalized spacial score (nSPS) is 20.0. The second-order valence-corrected chi connectivity index (χ2v) is 7.29. The minimum absolute atomic E-state index is 0.145. The highest BCUT2D eigenvalue weighted by atomic mass is 19.4. The van der Waals surface area contributed by atoms with Crippen molar-refractivity contribution in [2.75, 3.05) is 17.2 Å². The first kappa shape index (κ1) is 19.5. The molecule has 6 nitrogen and oxygen atoms in total. The maximum Gasteiger partial charge on any atom is 0.416 e. The van der Waals surface area contributed by atoms with E-state index in [4.69, 9.17) is 0 Å². The van der Waals surface area contributed by atoms with E-state index in [1.807, 2.05) is 12.1 Å². The fraction of sp³-hybridized carbons (Fsp3) is 0.400. The molecule has 3 aromatic rings. The van der Waals surface area contributed by atoms with Gasteiger partial charge < -0.3 is 15.7 Å². The van der Waals surface area contributed by atoms with Crippen molar-refractivity contribution in [2.24, 2.45) is 5.92 Å². The van der Waals surface area contributed by atoms with Gasteiger partial charge in [0.05, 0.1) is 5.56 Å². The molecule has 29 heavy (non-hydrogen) atoms. The van der Waals surface area contributed by atoms with Crippen LogP contribution in [-0.4, -0.2) is 32.4 Å². The molecule has 0 radical (unpaired) electrons. The van der Waals surface area contributed by atoms with Crippen LogP contribution >= 0.6 is 0 Å². The van der Waals surface area contributed by atoms with Gasteiger partial charge in [0.1, 0.15) is 5.82 Å². The first-order valence-corrected chi connectivity index (χ1v) is 9.61. The summed E-state index contributed by atoms with van der Waals surface area (Å²) in [6, 6.07) is 10.5. The standard InChI is InChI=1S/C20H22F3N5O/c21-20(22,23)14-8-10-15(11-9-14)24-19-26-18-7-3-6-17(28(18)27-19)25-16-5-2-1-4-13(16)12-29/h3,6-11,13,16,25,29H,1-2,4-5,12H2,(H,24,27)/t13-,16-/m1/s1. The van der Waals surface area contributed by atoms with E-state index in [1.165, 1.54) is 12.1 Å². The number of aliphatic hydroxyl groups is 1. The minimum atomic E-state index is -4.37. The number of halogens is 3. The first-order valence-electron chi connectivity index (χ1n) is 9.61. The van der Waals surface area contributed by atoms with Gasteiger partial charge in [0.25, 0.3) is 0 Å². The predicted molar refractivity (Wildman–Crippen MR) is 104 cm³/mol. The van der Waals surface area contributed by atoms with Crippen molar-refractivity contribution in [3.63, 3.8) is 0 Å². The van der Waals surface area contributed by atoms with Gasteiger partial charge in [0, 0.05) is 24.3 Å². The van der Waals surface area contributed by atoms with Crippen molar-refractivity contribution in [1.82, 2.24) is 14.6 Å². The molecule has 1 fully saturated rings. The van der Waals surface area contributed by atoms with Crippen LogP contribution in [0.2, 0.25) is 0 Å². The van der Waals surface area contributed by atoms with Gasteiger partial charge in [-0.05, 0) is 49.2 Å². The van der Waals surface area contributed by atoms with Crippen LogP contribution in [0.3, 0.4) is 0 Å². The SMILES string of the molecule is OC[C@H]1CCCC[C@H]1Nc1cccc2nc(Nc3ccc(C(F)(F)F)cc3)nn12. The van der Waals surface area contributed by atoms with E-state index < -0.39 is 11.7 Å². The van der Waals surface area contributed by atoms with Crippen molar-refractivity contribution >= 4 is 23.1 Å². The van der Waals surface area contributed by atoms with E-state index in [1.54, 1.807) is 10.6 Å². The van der Waals surface area contributed by atoms with Crippen LogP contribution in [0, 0.1) is 5.92 Å². The third-order valence-corrected chi connectivity index (χ3v) is 5.30. The number of hydrogen-bond donors (Lipinski definition) is 3. The van der Waals surface area contributed by atoms with Crippen molar-refractivity contribution in [3.05, 3.63) is 48.0 Å². The van der Waals surface area contributed by atoms with Crippen LogP contribution in [0.4, 0.5) is 30.6 Å². The van der Waals surface area contributed by atoms with Crippen molar-refractivity contribution < 1.29 is 18.3 Å². The molecular formula is C20H22F3N5O. The first-order chi connectivity index (χ1) is 13.9. The van der Waals surface area contributed by atoms with Gasteiger partial charge in [-0.2, -0.15) is 22.7 Å². The Morgan fingerprint density at radius 2 is 1.83 bits per heavy atom. The van der Waals surface area contributed by atoms with Crippen LogP contribution < -0.4 is 10.6 Å². The van der Waals surface area contributed by atoms with Crippen LogP contribution in [0.25, 0.3) is 5.65 Å². The molecule has 1 aliphatic carbocycles. The number of aliphatic hydroxyl groups excluding tert-OH is 1. The fourth-order valence-corrected chi connectivity index (χ4v) is 3.75. The van der Waals surface area contributed by atoms with E-state index in [-0.39, 0.29) is 18.6 Å². The molecule has 154 valence electrons. The maximum atomic E-state index is 12.7. The smallest absolute Gasteiger partial charge is 0.396 e. The molecule has 2 atom stereocenters. The molecule has 1 aliphatic rings. The van der Waals surface area contributed by atoms with Crippen molar-refractivity contribution in [2.45, 2.75) is 37.9 Å². The molecule has 4 rings (SSSR count). The number of rotatable bonds is 5. The summed E-state index contributed by atoms with van der Waals surface area (Å²) in [5, 5.41) is 20.5. The Kier molecular flexibility index (Phi) is 5.31. The molecule has 1 saturated carbocycles. The Labute approximate surface area is 165 Å². The predicted octanol–water partition coefficient (Wildman–Crippen LogP) is 4.45. The number of benzene rings is 1. The second kappa shape index (κ2) is 7.90. The molecule has 2 heterocycles. The number of aromatic nitrogens is 3. The lowest BCUT2D eigenvalue weighted by Gasteiger charge is -2.31. The number of hydrogen-bond acceptors (Lipinski definition) is 5. The zero-order valence-electron chi connectivity index (χ0n) is 15.7. The Hall–Kier alpha value is -2.81. The zero-order chi connectivity index (χ0) is 20.4. The molecule has 0 amide bonds. The monoisotopic (exact) mass is 405 g/mol. The number of anilines is 3. The highest BCUT2D eigenvalue weighted by Gasteiger charge is 2.30. The van der Waals surface area contributed by atoms with Gasteiger partial charge in [-0.15, -0.1) is 5.10 Å². The van der Waals surface area contributed by atoms with E-state index in [0.717, 1.165) is 43.6 Å². The summed E-state index contributed by atoms with van der Waals surface area (Å²) in [6.45, 7) is 0.145. The summed E-state index contributed by atoms with van der Waals surface area (Å²) in [7, 11) is 0. The number of alkyl halides is 3. The number of nitrogens with one attached hydrogen (secondary N) is 2. The molecule has 0 unspecified atom stereocenters. The molecule has 2 aromatic heterocycles.